The second kappa shape index (κ2) is 2.87. The molecule has 2 amide bonds. The first-order chi connectivity index (χ1) is 5.18. The molecule has 58 valence electrons. The maximum Gasteiger partial charge on any atom is 0.317 e. The maximum absolute atomic E-state index is 10.3. The minimum atomic E-state index is -0.650. The van der Waals surface area contributed by atoms with Gasteiger partial charge in [0, 0.05) is 18.0 Å². The van der Waals surface area contributed by atoms with E-state index in [1.165, 1.54) is 12.3 Å². The number of nitrogens with one attached hydrogen (secondary N) is 1. The first-order valence-corrected chi connectivity index (χ1v) is 2.96. The van der Waals surface area contributed by atoms with Gasteiger partial charge in [0.1, 0.15) is 5.82 Å². The summed E-state index contributed by atoms with van der Waals surface area (Å²) in [5.41, 5.74) is 10.8. The SMILES string of the molecule is NC(=O)Nc1cc(N)ccn1. The standard InChI is InChI=1S/C6H8N4O/c7-4-1-2-9-5(3-4)10-6(8)11/h1-3H,(H5,7,8,9,10,11). The number of nitrogen functional groups attached to an aromatic ring is 1. The Bertz CT molecular complexity index is 273. The molecule has 0 aliphatic rings. The lowest BCUT2D eigenvalue weighted by atomic mass is 10.4. The number of rotatable bonds is 1. The summed E-state index contributed by atoms with van der Waals surface area (Å²) in [7, 11) is 0. The van der Waals surface area contributed by atoms with Crippen molar-refractivity contribution in [2.45, 2.75) is 0 Å². The molecule has 0 saturated carbocycles. The highest BCUT2D eigenvalue weighted by molar-refractivity contribution is 5.87. The number of pyridine rings is 1. The van der Waals surface area contributed by atoms with E-state index in [0.29, 0.717) is 11.5 Å². The molecular formula is C6H8N4O. The zero-order valence-corrected chi connectivity index (χ0v) is 5.74. The zero-order valence-electron chi connectivity index (χ0n) is 5.74. The molecule has 5 nitrogen and oxygen atoms in total. The summed E-state index contributed by atoms with van der Waals surface area (Å²) >= 11 is 0. The van der Waals surface area contributed by atoms with Crippen LogP contribution >= 0.6 is 0 Å². The van der Waals surface area contributed by atoms with Gasteiger partial charge in [-0.1, -0.05) is 0 Å². The summed E-state index contributed by atoms with van der Waals surface area (Å²) in [4.78, 5) is 14.1. The van der Waals surface area contributed by atoms with Gasteiger partial charge in [0.25, 0.3) is 0 Å². The van der Waals surface area contributed by atoms with Crippen molar-refractivity contribution in [1.29, 1.82) is 0 Å². The summed E-state index contributed by atoms with van der Waals surface area (Å²) in [6.45, 7) is 0. The van der Waals surface area contributed by atoms with Gasteiger partial charge in [0.05, 0.1) is 0 Å². The van der Waals surface area contributed by atoms with Crippen LogP contribution in [-0.4, -0.2) is 11.0 Å². The smallest absolute Gasteiger partial charge is 0.317 e. The predicted octanol–water partition coefficient (Wildman–Crippen LogP) is 0.154. The highest BCUT2D eigenvalue weighted by atomic mass is 16.2. The van der Waals surface area contributed by atoms with Gasteiger partial charge < -0.3 is 11.5 Å². The average Bonchev–Trinajstić information content (AvgIpc) is 1.85. The highest BCUT2D eigenvalue weighted by Crippen LogP contribution is 2.06. The Balaban J connectivity index is 2.79. The fourth-order valence-corrected chi connectivity index (χ4v) is 0.641. The first-order valence-electron chi connectivity index (χ1n) is 2.96. The minimum Gasteiger partial charge on any atom is -0.399 e. The van der Waals surface area contributed by atoms with Crippen molar-refractivity contribution < 1.29 is 4.79 Å². The van der Waals surface area contributed by atoms with Gasteiger partial charge in [0.15, 0.2) is 0 Å². The van der Waals surface area contributed by atoms with Crippen molar-refractivity contribution in [2.75, 3.05) is 11.1 Å². The number of hydrogen-bond donors (Lipinski definition) is 3. The number of urea groups is 1. The van der Waals surface area contributed by atoms with Gasteiger partial charge in [-0.2, -0.15) is 0 Å². The monoisotopic (exact) mass is 152 g/mol. The molecule has 5 N–H and O–H groups in total. The molecule has 0 spiro atoms. The summed E-state index contributed by atoms with van der Waals surface area (Å²) in [6.07, 6.45) is 1.49. The third-order valence-corrected chi connectivity index (χ3v) is 1.04. The van der Waals surface area contributed by atoms with Crippen LogP contribution in [0.25, 0.3) is 0 Å². The lowest BCUT2D eigenvalue weighted by Crippen LogP contribution is -2.19. The number of nitrogens with zero attached hydrogens (tertiary/aromatic N) is 1. The second-order valence-corrected chi connectivity index (χ2v) is 1.96. The van der Waals surface area contributed by atoms with Gasteiger partial charge in [-0.15, -0.1) is 0 Å². The van der Waals surface area contributed by atoms with Crippen LogP contribution in [0.3, 0.4) is 0 Å². The molecule has 1 heterocycles. The molecule has 1 aromatic heterocycles. The molecule has 1 aromatic rings. The van der Waals surface area contributed by atoms with Crippen LogP contribution in [0.2, 0.25) is 0 Å². The molecular weight excluding hydrogens is 144 g/mol. The lowest BCUT2D eigenvalue weighted by molar-refractivity contribution is 0.259. The number of carbonyl (C=O) groups is 1. The molecule has 0 aromatic carbocycles. The highest BCUT2D eigenvalue weighted by Gasteiger charge is 1.95. The third-order valence-electron chi connectivity index (χ3n) is 1.04. The topological polar surface area (TPSA) is 94.0 Å². The van der Waals surface area contributed by atoms with E-state index >= 15 is 0 Å². The van der Waals surface area contributed by atoms with Crippen LogP contribution < -0.4 is 16.8 Å². The van der Waals surface area contributed by atoms with Gasteiger partial charge in [-0.25, -0.2) is 9.78 Å². The molecule has 0 aliphatic carbocycles. The largest absolute Gasteiger partial charge is 0.399 e. The summed E-state index contributed by atoms with van der Waals surface area (Å²) in [5, 5.41) is 2.29. The number of nitrogens with two attached hydrogens (primary N) is 2. The maximum atomic E-state index is 10.3. The quantitative estimate of drug-likeness (QED) is 0.534. The van der Waals surface area contributed by atoms with E-state index in [-0.39, 0.29) is 0 Å². The molecule has 1 rings (SSSR count). The van der Waals surface area contributed by atoms with Crippen molar-refractivity contribution in [3.8, 4) is 0 Å². The van der Waals surface area contributed by atoms with E-state index in [9.17, 15) is 4.79 Å². The number of primary amides is 1. The molecule has 0 radical (unpaired) electrons. The molecule has 0 atom stereocenters. The Hall–Kier alpha value is -1.78. The third kappa shape index (κ3) is 2.13. The Labute approximate surface area is 63.4 Å². The number of amides is 2. The van der Waals surface area contributed by atoms with E-state index in [1.54, 1.807) is 6.07 Å². The predicted molar refractivity (Wildman–Crippen MR) is 41.9 cm³/mol. The number of anilines is 2. The van der Waals surface area contributed by atoms with Crippen LogP contribution in [-0.2, 0) is 0 Å². The molecule has 0 saturated heterocycles. The van der Waals surface area contributed by atoms with E-state index in [2.05, 4.69) is 10.3 Å². The van der Waals surface area contributed by atoms with Crippen molar-refractivity contribution in [3.63, 3.8) is 0 Å². The minimum absolute atomic E-state index is 0.359. The summed E-state index contributed by atoms with van der Waals surface area (Å²) in [5.74, 6) is 0.359. The Morgan fingerprint density at radius 2 is 2.36 bits per heavy atom. The van der Waals surface area contributed by atoms with E-state index in [4.69, 9.17) is 11.5 Å². The van der Waals surface area contributed by atoms with E-state index in [1.807, 2.05) is 0 Å². The molecule has 0 unspecified atom stereocenters. The normalized spacial score (nSPS) is 9.09. The van der Waals surface area contributed by atoms with Gasteiger partial charge in [0.2, 0.25) is 0 Å². The van der Waals surface area contributed by atoms with Crippen molar-refractivity contribution in [3.05, 3.63) is 18.3 Å². The zero-order chi connectivity index (χ0) is 8.27. The van der Waals surface area contributed by atoms with Crippen LogP contribution in [0.5, 0.6) is 0 Å². The fraction of sp³-hybridized carbons (Fsp3) is 0. The number of aromatic nitrogens is 1. The fourth-order valence-electron chi connectivity index (χ4n) is 0.641. The van der Waals surface area contributed by atoms with Crippen molar-refractivity contribution in [1.82, 2.24) is 4.98 Å². The number of hydrogen-bond acceptors (Lipinski definition) is 3. The molecule has 5 heteroatoms. The van der Waals surface area contributed by atoms with Crippen LogP contribution in [0.1, 0.15) is 0 Å². The van der Waals surface area contributed by atoms with Crippen LogP contribution in [0.4, 0.5) is 16.3 Å². The average molecular weight is 152 g/mol. The molecule has 0 aliphatic heterocycles. The van der Waals surface area contributed by atoms with E-state index in [0.717, 1.165) is 0 Å². The molecule has 0 fully saturated rings. The Kier molecular flexibility index (Phi) is 1.91. The Morgan fingerprint density at radius 3 is 2.91 bits per heavy atom. The first kappa shape index (κ1) is 7.33. The van der Waals surface area contributed by atoms with E-state index < -0.39 is 6.03 Å². The van der Waals surface area contributed by atoms with Gasteiger partial charge in [-0.05, 0) is 6.07 Å². The Morgan fingerprint density at radius 1 is 1.64 bits per heavy atom. The summed E-state index contributed by atoms with van der Waals surface area (Å²) < 4.78 is 0. The van der Waals surface area contributed by atoms with Crippen molar-refractivity contribution >= 4 is 17.5 Å². The lowest BCUT2D eigenvalue weighted by Gasteiger charge is -1.99. The number of carbonyl (C=O) groups excluding carboxylic acids is 1. The van der Waals surface area contributed by atoms with Crippen LogP contribution in [0, 0.1) is 0 Å². The molecule has 11 heavy (non-hydrogen) atoms. The second-order valence-electron chi connectivity index (χ2n) is 1.96. The summed E-state index contributed by atoms with van der Waals surface area (Å²) in [6, 6.07) is 2.49. The molecule has 0 bridgehead atoms. The van der Waals surface area contributed by atoms with Crippen LogP contribution in [0.15, 0.2) is 18.3 Å². The van der Waals surface area contributed by atoms with Gasteiger partial charge in [-0.3, -0.25) is 5.32 Å². The van der Waals surface area contributed by atoms with Crippen molar-refractivity contribution in [2.24, 2.45) is 5.73 Å². The van der Waals surface area contributed by atoms with Gasteiger partial charge >= 0.3 is 6.03 Å².